The molecule has 0 spiro atoms. The smallest absolute Gasteiger partial charge is 0.346 e. The molecule has 0 amide bonds. The van der Waals surface area contributed by atoms with Crippen LogP contribution in [0.2, 0.25) is 0 Å². The van der Waals surface area contributed by atoms with Crippen LogP contribution >= 0.6 is 0 Å². The van der Waals surface area contributed by atoms with E-state index in [0.29, 0.717) is 23.9 Å². The fraction of sp³-hybridized carbons (Fsp3) is 0.350. The van der Waals surface area contributed by atoms with Gasteiger partial charge in [-0.05, 0) is 43.0 Å². The van der Waals surface area contributed by atoms with Crippen molar-refractivity contribution in [3.8, 4) is 11.8 Å². The van der Waals surface area contributed by atoms with E-state index >= 15 is 0 Å². The van der Waals surface area contributed by atoms with Crippen molar-refractivity contribution in [3.63, 3.8) is 0 Å². The number of esters is 1. The topological polar surface area (TPSA) is 73.6 Å². The lowest BCUT2D eigenvalue weighted by molar-refractivity contribution is -0.145. The fourth-order valence-corrected chi connectivity index (χ4v) is 3.78. The third-order valence-corrected chi connectivity index (χ3v) is 4.97. The molecule has 0 aliphatic heterocycles. The van der Waals surface area contributed by atoms with E-state index in [1.54, 1.807) is 13.0 Å². The molecular weight excluding hydrogens is 320 g/mol. The Morgan fingerprint density at radius 1 is 1.40 bits per heavy atom. The molecule has 1 heterocycles. The first-order valence-corrected chi connectivity index (χ1v) is 8.36. The van der Waals surface area contributed by atoms with Gasteiger partial charge >= 0.3 is 11.6 Å². The molecule has 1 fully saturated rings. The molecule has 3 atom stereocenters. The molecule has 0 radical (unpaired) electrons. The van der Waals surface area contributed by atoms with Crippen LogP contribution in [-0.2, 0) is 9.53 Å². The minimum absolute atomic E-state index is 0.0151. The van der Waals surface area contributed by atoms with E-state index in [1.165, 1.54) is 6.07 Å². The van der Waals surface area contributed by atoms with Gasteiger partial charge in [-0.1, -0.05) is 11.8 Å². The zero-order valence-electron chi connectivity index (χ0n) is 13.7. The molecule has 5 nitrogen and oxygen atoms in total. The van der Waals surface area contributed by atoms with Crippen LogP contribution in [0.5, 0.6) is 0 Å². The summed E-state index contributed by atoms with van der Waals surface area (Å²) < 4.78 is 10.4. The molecule has 25 heavy (non-hydrogen) atoms. The standard InChI is InChI=1S/C20H16O5/c1-2-24-20(23)18-14-6-4-3-5-11-9-16-12(8-15(11)17(14)18)7-13(10-21)19(22)25-16/h7-10,14,17-18H,2,4,6H2,1H3. The summed E-state index contributed by atoms with van der Waals surface area (Å²) in [6.45, 7) is 2.17. The van der Waals surface area contributed by atoms with Crippen molar-refractivity contribution in [1.82, 2.24) is 0 Å². The van der Waals surface area contributed by atoms with Gasteiger partial charge in [0.15, 0.2) is 6.29 Å². The van der Waals surface area contributed by atoms with E-state index in [2.05, 4.69) is 11.8 Å². The van der Waals surface area contributed by atoms with Crippen LogP contribution in [0, 0.1) is 23.7 Å². The second-order valence-corrected chi connectivity index (χ2v) is 6.39. The van der Waals surface area contributed by atoms with Crippen LogP contribution in [0.3, 0.4) is 0 Å². The summed E-state index contributed by atoms with van der Waals surface area (Å²) in [4.78, 5) is 35.0. The Balaban J connectivity index is 1.85. The molecular formula is C20H16O5. The minimum Gasteiger partial charge on any atom is -0.466 e. The molecule has 0 saturated heterocycles. The number of aldehydes is 1. The summed E-state index contributed by atoms with van der Waals surface area (Å²) >= 11 is 0. The van der Waals surface area contributed by atoms with Crippen molar-refractivity contribution in [2.45, 2.75) is 25.7 Å². The van der Waals surface area contributed by atoms with Gasteiger partial charge in [0.25, 0.3) is 0 Å². The van der Waals surface area contributed by atoms with Crippen molar-refractivity contribution in [2.24, 2.45) is 11.8 Å². The normalized spacial score (nSPS) is 23.3. The first kappa shape index (κ1) is 15.6. The number of carbonyl (C=O) groups excluding carboxylic acids is 2. The zero-order chi connectivity index (χ0) is 17.6. The first-order chi connectivity index (χ1) is 12.1. The van der Waals surface area contributed by atoms with E-state index in [0.717, 1.165) is 24.0 Å². The average Bonchev–Trinajstić information content (AvgIpc) is 3.29. The third kappa shape index (κ3) is 2.54. The van der Waals surface area contributed by atoms with Gasteiger partial charge in [-0.2, -0.15) is 0 Å². The number of hydrogen-bond acceptors (Lipinski definition) is 5. The van der Waals surface area contributed by atoms with Gasteiger partial charge in [0.2, 0.25) is 0 Å². The molecule has 0 bridgehead atoms. The highest BCUT2D eigenvalue weighted by Crippen LogP contribution is 2.58. The van der Waals surface area contributed by atoms with E-state index in [9.17, 15) is 14.4 Å². The van der Waals surface area contributed by atoms with Gasteiger partial charge in [0, 0.05) is 23.3 Å². The fourth-order valence-electron chi connectivity index (χ4n) is 3.78. The maximum atomic E-state index is 12.2. The Bertz CT molecular complexity index is 1000. The largest absolute Gasteiger partial charge is 0.466 e. The molecule has 2 aliphatic carbocycles. The molecule has 1 aromatic heterocycles. The maximum Gasteiger partial charge on any atom is 0.346 e. The van der Waals surface area contributed by atoms with Crippen molar-refractivity contribution < 1.29 is 18.7 Å². The summed E-state index contributed by atoms with van der Waals surface area (Å²) in [5.74, 6) is 6.21. The van der Waals surface area contributed by atoms with E-state index in [1.807, 2.05) is 6.07 Å². The zero-order valence-corrected chi connectivity index (χ0v) is 13.7. The van der Waals surface area contributed by atoms with E-state index in [-0.39, 0.29) is 29.3 Å². The molecule has 5 heteroatoms. The predicted octanol–water partition coefficient (Wildman–Crippen LogP) is 2.64. The van der Waals surface area contributed by atoms with Gasteiger partial charge in [0.1, 0.15) is 11.1 Å². The number of ether oxygens (including phenoxy) is 1. The number of rotatable bonds is 3. The lowest BCUT2D eigenvalue weighted by Crippen LogP contribution is -2.08. The van der Waals surface area contributed by atoms with Crippen molar-refractivity contribution in [3.05, 3.63) is 45.3 Å². The molecule has 3 unspecified atom stereocenters. The molecule has 2 aromatic rings. The highest BCUT2D eigenvalue weighted by Gasteiger charge is 2.56. The highest BCUT2D eigenvalue weighted by molar-refractivity contribution is 5.87. The Labute approximate surface area is 144 Å². The van der Waals surface area contributed by atoms with Crippen LogP contribution in [0.25, 0.3) is 11.0 Å². The second kappa shape index (κ2) is 5.89. The number of carbonyl (C=O) groups is 2. The Kier molecular flexibility index (Phi) is 3.69. The van der Waals surface area contributed by atoms with Crippen molar-refractivity contribution >= 4 is 23.2 Å². The maximum absolute atomic E-state index is 12.2. The summed E-state index contributed by atoms with van der Waals surface area (Å²) in [5, 5.41) is 0.663. The monoisotopic (exact) mass is 336 g/mol. The Hall–Kier alpha value is -2.87. The Morgan fingerprint density at radius 3 is 3.00 bits per heavy atom. The van der Waals surface area contributed by atoms with Crippen LogP contribution in [0.1, 0.15) is 47.2 Å². The van der Waals surface area contributed by atoms with Gasteiger partial charge < -0.3 is 9.15 Å². The number of hydrogen-bond donors (Lipinski definition) is 0. The predicted molar refractivity (Wildman–Crippen MR) is 90.3 cm³/mol. The van der Waals surface area contributed by atoms with Crippen LogP contribution in [0.15, 0.2) is 27.4 Å². The van der Waals surface area contributed by atoms with Gasteiger partial charge in [-0.25, -0.2) is 4.79 Å². The number of benzene rings is 1. The highest BCUT2D eigenvalue weighted by atomic mass is 16.5. The first-order valence-electron chi connectivity index (χ1n) is 8.36. The van der Waals surface area contributed by atoms with Gasteiger partial charge in [0.05, 0.1) is 12.5 Å². The van der Waals surface area contributed by atoms with E-state index in [4.69, 9.17) is 9.15 Å². The lowest BCUT2D eigenvalue weighted by atomic mass is 9.96. The van der Waals surface area contributed by atoms with Crippen LogP contribution in [0.4, 0.5) is 0 Å². The summed E-state index contributed by atoms with van der Waals surface area (Å²) in [6, 6.07) is 5.14. The molecule has 1 saturated carbocycles. The molecule has 126 valence electrons. The average molecular weight is 336 g/mol. The van der Waals surface area contributed by atoms with Crippen molar-refractivity contribution in [1.29, 1.82) is 0 Å². The quantitative estimate of drug-likeness (QED) is 0.373. The van der Waals surface area contributed by atoms with E-state index < -0.39 is 5.63 Å². The molecule has 0 N–H and O–H groups in total. The van der Waals surface area contributed by atoms with Gasteiger partial charge in [-0.3, -0.25) is 9.59 Å². The summed E-state index contributed by atoms with van der Waals surface area (Å²) in [7, 11) is 0. The summed E-state index contributed by atoms with van der Waals surface area (Å²) in [6.07, 6.45) is 2.08. The third-order valence-electron chi connectivity index (χ3n) is 4.97. The minimum atomic E-state index is -0.657. The van der Waals surface area contributed by atoms with Gasteiger partial charge in [-0.15, -0.1) is 0 Å². The molecule has 1 aromatic carbocycles. The second-order valence-electron chi connectivity index (χ2n) is 6.39. The molecule has 2 aliphatic rings. The Morgan fingerprint density at radius 2 is 2.24 bits per heavy atom. The summed E-state index contributed by atoms with van der Waals surface area (Å²) in [5.41, 5.74) is 1.46. The molecule has 4 rings (SSSR count). The number of fused-ring (bicyclic) bond motifs is 4. The lowest BCUT2D eigenvalue weighted by Gasteiger charge is -2.08. The SMILES string of the molecule is CCOC(=O)C1C2CCC#Cc3cc4oc(=O)c(C=O)cc4cc3C21. The van der Waals surface area contributed by atoms with Crippen LogP contribution in [-0.4, -0.2) is 18.9 Å². The van der Waals surface area contributed by atoms with Crippen molar-refractivity contribution in [2.75, 3.05) is 6.61 Å². The van der Waals surface area contributed by atoms with Crippen LogP contribution < -0.4 is 5.63 Å².